The lowest BCUT2D eigenvalue weighted by Gasteiger charge is -2.17. The monoisotopic (exact) mass is 266 g/mol. The summed E-state index contributed by atoms with van der Waals surface area (Å²) in [5, 5.41) is 0. The standard InChI is InChI=1S/C15H26N2O2/c1-12(2)13-4-6-14(7-5-13)15(17-16)8-9-19-11-10-18-3/h4-7,12,15,17H,8-11,16H2,1-3H3. The van der Waals surface area contributed by atoms with E-state index in [-0.39, 0.29) is 6.04 Å². The van der Waals surface area contributed by atoms with Gasteiger partial charge in [-0.1, -0.05) is 38.1 Å². The van der Waals surface area contributed by atoms with E-state index in [0.29, 0.717) is 25.7 Å². The zero-order chi connectivity index (χ0) is 14.1. The fourth-order valence-electron chi connectivity index (χ4n) is 1.90. The SMILES string of the molecule is COCCOCCC(NN)c1ccc(C(C)C)cc1. The fraction of sp³-hybridized carbons (Fsp3) is 0.600. The lowest BCUT2D eigenvalue weighted by Crippen LogP contribution is -2.29. The molecular formula is C15H26N2O2. The van der Waals surface area contributed by atoms with Gasteiger partial charge in [0.15, 0.2) is 0 Å². The Kier molecular flexibility index (Phi) is 7.67. The largest absolute Gasteiger partial charge is 0.382 e. The normalized spacial score (nSPS) is 12.9. The maximum absolute atomic E-state index is 5.61. The van der Waals surface area contributed by atoms with Gasteiger partial charge in [-0.05, 0) is 23.5 Å². The zero-order valence-corrected chi connectivity index (χ0v) is 12.2. The van der Waals surface area contributed by atoms with Gasteiger partial charge in [0.05, 0.1) is 13.2 Å². The highest BCUT2D eigenvalue weighted by molar-refractivity contribution is 5.26. The molecule has 0 aliphatic heterocycles. The minimum Gasteiger partial charge on any atom is -0.382 e. The molecule has 1 rings (SSSR count). The number of benzene rings is 1. The number of nitrogens with one attached hydrogen (secondary N) is 1. The number of ether oxygens (including phenoxy) is 2. The van der Waals surface area contributed by atoms with Gasteiger partial charge in [0.2, 0.25) is 0 Å². The third-order valence-electron chi connectivity index (χ3n) is 3.19. The molecule has 1 aromatic carbocycles. The molecule has 1 unspecified atom stereocenters. The third-order valence-corrected chi connectivity index (χ3v) is 3.19. The van der Waals surface area contributed by atoms with E-state index in [2.05, 4.69) is 43.5 Å². The molecule has 0 spiro atoms. The summed E-state index contributed by atoms with van der Waals surface area (Å²) < 4.78 is 10.4. The Hall–Kier alpha value is -0.940. The molecule has 1 aromatic rings. The summed E-state index contributed by atoms with van der Waals surface area (Å²) in [4.78, 5) is 0. The Balaban J connectivity index is 2.45. The van der Waals surface area contributed by atoms with Crippen molar-refractivity contribution in [2.45, 2.75) is 32.2 Å². The molecule has 3 N–H and O–H groups in total. The van der Waals surface area contributed by atoms with Crippen LogP contribution in [0.2, 0.25) is 0 Å². The first-order valence-corrected chi connectivity index (χ1v) is 6.81. The zero-order valence-electron chi connectivity index (χ0n) is 12.2. The maximum Gasteiger partial charge on any atom is 0.0700 e. The second-order valence-electron chi connectivity index (χ2n) is 4.93. The highest BCUT2D eigenvalue weighted by Crippen LogP contribution is 2.20. The molecule has 0 saturated carbocycles. The molecule has 0 aliphatic rings. The lowest BCUT2D eigenvalue weighted by atomic mass is 9.98. The second-order valence-corrected chi connectivity index (χ2v) is 4.93. The van der Waals surface area contributed by atoms with Crippen LogP contribution in [0.1, 0.15) is 43.4 Å². The molecule has 0 radical (unpaired) electrons. The molecule has 0 aliphatic carbocycles. The minimum atomic E-state index is 0.128. The third kappa shape index (κ3) is 5.70. The number of methoxy groups -OCH3 is 1. The lowest BCUT2D eigenvalue weighted by molar-refractivity contribution is 0.0658. The van der Waals surface area contributed by atoms with Gasteiger partial charge in [-0.15, -0.1) is 0 Å². The highest BCUT2D eigenvalue weighted by Gasteiger charge is 2.09. The molecule has 0 bridgehead atoms. The first-order valence-electron chi connectivity index (χ1n) is 6.81. The van der Waals surface area contributed by atoms with Gasteiger partial charge >= 0.3 is 0 Å². The average molecular weight is 266 g/mol. The predicted octanol–water partition coefficient (Wildman–Crippen LogP) is 2.37. The van der Waals surface area contributed by atoms with E-state index < -0.39 is 0 Å². The van der Waals surface area contributed by atoms with Crippen molar-refractivity contribution in [1.82, 2.24) is 5.43 Å². The van der Waals surface area contributed by atoms with Gasteiger partial charge < -0.3 is 9.47 Å². The van der Waals surface area contributed by atoms with Crippen LogP contribution in [0.15, 0.2) is 24.3 Å². The summed E-state index contributed by atoms with van der Waals surface area (Å²) in [5.41, 5.74) is 5.39. The number of rotatable bonds is 9. The van der Waals surface area contributed by atoms with Crippen molar-refractivity contribution in [3.05, 3.63) is 35.4 Å². The molecule has 108 valence electrons. The van der Waals surface area contributed by atoms with Crippen molar-refractivity contribution in [2.24, 2.45) is 5.84 Å². The van der Waals surface area contributed by atoms with Crippen molar-refractivity contribution < 1.29 is 9.47 Å². The van der Waals surface area contributed by atoms with Crippen LogP contribution in [0.4, 0.5) is 0 Å². The molecule has 0 saturated heterocycles. The van der Waals surface area contributed by atoms with Crippen LogP contribution in [0.3, 0.4) is 0 Å². The van der Waals surface area contributed by atoms with Crippen LogP contribution in [0.25, 0.3) is 0 Å². The summed E-state index contributed by atoms with van der Waals surface area (Å²) in [6, 6.07) is 8.72. The maximum atomic E-state index is 5.61. The van der Waals surface area contributed by atoms with Gasteiger partial charge in [0.1, 0.15) is 0 Å². The van der Waals surface area contributed by atoms with Crippen LogP contribution in [0.5, 0.6) is 0 Å². The highest BCUT2D eigenvalue weighted by atomic mass is 16.5. The Labute approximate surface area is 116 Å². The molecule has 19 heavy (non-hydrogen) atoms. The molecule has 4 nitrogen and oxygen atoms in total. The molecular weight excluding hydrogens is 240 g/mol. The van der Waals surface area contributed by atoms with E-state index in [9.17, 15) is 0 Å². The Morgan fingerprint density at radius 3 is 2.21 bits per heavy atom. The van der Waals surface area contributed by atoms with E-state index in [1.807, 2.05) is 0 Å². The topological polar surface area (TPSA) is 56.5 Å². The van der Waals surface area contributed by atoms with Crippen LogP contribution >= 0.6 is 0 Å². The summed E-state index contributed by atoms with van der Waals surface area (Å²) in [6.07, 6.45) is 0.848. The van der Waals surface area contributed by atoms with E-state index >= 15 is 0 Å². The van der Waals surface area contributed by atoms with Gasteiger partial charge in [-0.2, -0.15) is 0 Å². The minimum absolute atomic E-state index is 0.128. The van der Waals surface area contributed by atoms with Gasteiger partial charge in [-0.25, -0.2) is 0 Å². The van der Waals surface area contributed by atoms with Crippen molar-refractivity contribution >= 4 is 0 Å². The van der Waals surface area contributed by atoms with E-state index in [1.165, 1.54) is 11.1 Å². The smallest absolute Gasteiger partial charge is 0.0700 e. The number of hydrogen-bond donors (Lipinski definition) is 2. The summed E-state index contributed by atoms with van der Waals surface area (Å²) >= 11 is 0. The van der Waals surface area contributed by atoms with Crippen LogP contribution in [-0.4, -0.2) is 26.9 Å². The van der Waals surface area contributed by atoms with Gasteiger partial charge in [0.25, 0.3) is 0 Å². The number of hydrazine groups is 1. The molecule has 1 atom stereocenters. The number of hydrogen-bond acceptors (Lipinski definition) is 4. The number of nitrogens with two attached hydrogens (primary N) is 1. The molecule has 0 fully saturated rings. The second kappa shape index (κ2) is 9.04. The molecule has 0 aromatic heterocycles. The van der Waals surface area contributed by atoms with Crippen molar-refractivity contribution in [3.63, 3.8) is 0 Å². The molecule has 4 heteroatoms. The Morgan fingerprint density at radius 1 is 1.05 bits per heavy atom. The predicted molar refractivity (Wildman–Crippen MR) is 77.9 cm³/mol. The Bertz CT molecular complexity index is 339. The van der Waals surface area contributed by atoms with E-state index in [0.717, 1.165) is 6.42 Å². The van der Waals surface area contributed by atoms with Gasteiger partial charge in [0, 0.05) is 19.8 Å². The Morgan fingerprint density at radius 2 is 1.68 bits per heavy atom. The van der Waals surface area contributed by atoms with Crippen LogP contribution < -0.4 is 11.3 Å². The van der Waals surface area contributed by atoms with Crippen molar-refractivity contribution in [2.75, 3.05) is 26.9 Å². The summed E-state index contributed by atoms with van der Waals surface area (Å²) in [6.45, 7) is 6.31. The summed E-state index contributed by atoms with van der Waals surface area (Å²) in [5.74, 6) is 6.16. The van der Waals surface area contributed by atoms with Crippen LogP contribution in [-0.2, 0) is 9.47 Å². The first-order chi connectivity index (χ1) is 9.19. The quantitative estimate of drug-likeness (QED) is 0.409. The first kappa shape index (κ1) is 16.1. The van der Waals surface area contributed by atoms with Crippen molar-refractivity contribution in [1.29, 1.82) is 0 Å². The van der Waals surface area contributed by atoms with Crippen molar-refractivity contribution in [3.8, 4) is 0 Å². The average Bonchev–Trinajstić information content (AvgIpc) is 2.43. The molecule has 0 amide bonds. The van der Waals surface area contributed by atoms with E-state index in [4.69, 9.17) is 15.3 Å². The van der Waals surface area contributed by atoms with Gasteiger partial charge in [-0.3, -0.25) is 11.3 Å². The van der Waals surface area contributed by atoms with Crippen LogP contribution in [0, 0.1) is 0 Å². The summed E-state index contributed by atoms with van der Waals surface area (Å²) in [7, 11) is 1.67. The fourth-order valence-corrected chi connectivity index (χ4v) is 1.90. The molecule has 0 heterocycles. The van der Waals surface area contributed by atoms with E-state index in [1.54, 1.807) is 7.11 Å².